The minimum atomic E-state index is -0.998. The molecule has 0 atom stereocenters. The minimum Gasteiger partial charge on any atom is -0.478 e. The van der Waals surface area contributed by atoms with Gasteiger partial charge in [0.15, 0.2) is 0 Å². The first-order valence-electron chi connectivity index (χ1n) is 8.99. The number of aryl methyl sites for hydroxylation is 2. The highest BCUT2D eigenvalue weighted by atomic mass is 16.4. The number of nitrogens with zero attached hydrogens (tertiary/aromatic N) is 4. The van der Waals surface area contributed by atoms with Crippen LogP contribution in [0.1, 0.15) is 51.6 Å². The zero-order valence-electron chi connectivity index (χ0n) is 15.9. The molecule has 3 heterocycles. The van der Waals surface area contributed by atoms with Crippen LogP contribution in [0.15, 0.2) is 12.3 Å². The lowest BCUT2D eigenvalue weighted by molar-refractivity contribution is 0.0695. The summed E-state index contributed by atoms with van der Waals surface area (Å²) in [4.78, 5) is 19.0. The highest BCUT2D eigenvalue weighted by Crippen LogP contribution is 2.45. The summed E-state index contributed by atoms with van der Waals surface area (Å²) in [7, 11) is 1.90. The third-order valence-electron chi connectivity index (χ3n) is 5.31. The van der Waals surface area contributed by atoms with Crippen LogP contribution in [0.3, 0.4) is 0 Å². The Hall–Kier alpha value is -3.60. The number of aromatic carboxylic acids is 1. The van der Waals surface area contributed by atoms with E-state index in [2.05, 4.69) is 21.1 Å². The summed E-state index contributed by atoms with van der Waals surface area (Å²) in [5, 5.41) is 23.5. The van der Waals surface area contributed by atoms with Gasteiger partial charge in [-0.15, -0.1) is 0 Å². The largest absolute Gasteiger partial charge is 0.478 e. The molecule has 4 N–H and O–H groups in total. The molecular formula is C20H20N6O2. The molecule has 8 heteroatoms. The molecule has 4 rings (SSSR count). The average Bonchev–Trinajstić information content (AvgIpc) is 3.32. The zero-order valence-corrected chi connectivity index (χ0v) is 15.9. The molecule has 3 aromatic rings. The Labute approximate surface area is 161 Å². The van der Waals surface area contributed by atoms with Crippen LogP contribution in [0.4, 0.5) is 5.82 Å². The van der Waals surface area contributed by atoms with Gasteiger partial charge in [0.2, 0.25) is 0 Å². The molecular weight excluding hydrogens is 356 g/mol. The predicted octanol–water partition coefficient (Wildman–Crippen LogP) is 3.12. The van der Waals surface area contributed by atoms with Gasteiger partial charge in [0.25, 0.3) is 0 Å². The number of aromatic nitrogens is 4. The number of nitriles is 1. The predicted molar refractivity (Wildman–Crippen MR) is 104 cm³/mol. The third kappa shape index (κ3) is 2.63. The van der Waals surface area contributed by atoms with Gasteiger partial charge in [-0.1, -0.05) is 0 Å². The molecule has 8 nitrogen and oxygen atoms in total. The first kappa shape index (κ1) is 17.8. The first-order chi connectivity index (χ1) is 13.3. The Morgan fingerprint density at radius 2 is 2.11 bits per heavy atom. The molecule has 1 saturated carbocycles. The van der Waals surface area contributed by atoms with E-state index in [1.54, 1.807) is 26.1 Å². The topological polar surface area (TPSA) is 134 Å². The maximum Gasteiger partial charge on any atom is 0.337 e. The van der Waals surface area contributed by atoms with Crippen molar-refractivity contribution >= 4 is 11.8 Å². The molecule has 0 aromatic carbocycles. The van der Waals surface area contributed by atoms with Gasteiger partial charge in [-0.3, -0.25) is 4.68 Å². The molecule has 142 valence electrons. The van der Waals surface area contributed by atoms with E-state index in [4.69, 9.17) is 5.73 Å². The lowest BCUT2D eigenvalue weighted by Crippen LogP contribution is -2.02. The van der Waals surface area contributed by atoms with E-state index in [1.807, 2.05) is 11.7 Å². The van der Waals surface area contributed by atoms with E-state index in [1.165, 1.54) is 0 Å². The van der Waals surface area contributed by atoms with E-state index in [0.717, 1.165) is 24.1 Å². The number of hydrogen-bond acceptors (Lipinski definition) is 5. The number of anilines is 1. The second kappa shape index (κ2) is 6.23. The highest BCUT2D eigenvalue weighted by molar-refractivity contribution is 5.93. The maximum absolute atomic E-state index is 11.6. The van der Waals surface area contributed by atoms with Gasteiger partial charge in [0.05, 0.1) is 23.1 Å². The third-order valence-corrected chi connectivity index (χ3v) is 5.31. The van der Waals surface area contributed by atoms with Crippen LogP contribution in [-0.2, 0) is 7.05 Å². The number of nitrogens with two attached hydrogens (primary N) is 1. The van der Waals surface area contributed by atoms with Crippen molar-refractivity contribution in [3.63, 3.8) is 0 Å². The van der Waals surface area contributed by atoms with Crippen LogP contribution in [0, 0.1) is 25.2 Å². The average molecular weight is 376 g/mol. The molecule has 0 unspecified atom stereocenters. The van der Waals surface area contributed by atoms with Crippen molar-refractivity contribution in [1.82, 2.24) is 19.7 Å². The maximum atomic E-state index is 11.6. The van der Waals surface area contributed by atoms with Crippen LogP contribution in [-0.4, -0.2) is 30.8 Å². The van der Waals surface area contributed by atoms with E-state index in [0.29, 0.717) is 39.7 Å². The summed E-state index contributed by atoms with van der Waals surface area (Å²) in [6, 6.07) is 3.95. The van der Waals surface area contributed by atoms with Crippen molar-refractivity contribution < 1.29 is 9.90 Å². The molecule has 1 aliphatic rings. The second-order valence-corrected chi connectivity index (χ2v) is 7.20. The van der Waals surface area contributed by atoms with E-state index < -0.39 is 5.97 Å². The van der Waals surface area contributed by atoms with Gasteiger partial charge in [0, 0.05) is 35.5 Å². The molecule has 1 aliphatic carbocycles. The van der Waals surface area contributed by atoms with Gasteiger partial charge in [-0.25, -0.2) is 9.78 Å². The fraction of sp³-hybridized carbons (Fsp3) is 0.300. The van der Waals surface area contributed by atoms with Gasteiger partial charge in [-0.2, -0.15) is 10.4 Å². The van der Waals surface area contributed by atoms with Gasteiger partial charge < -0.3 is 15.8 Å². The van der Waals surface area contributed by atoms with Crippen LogP contribution >= 0.6 is 0 Å². The number of hydrogen-bond donors (Lipinski definition) is 3. The normalized spacial score (nSPS) is 13.5. The highest BCUT2D eigenvalue weighted by Gasteiger charge is 2.31. The number of carbonyl (C=O) groups is 1. The van der Waals surface area contributed by atoms with Crippen molar-refractivity contribution in [2.24, 2.45) is 7.05 Å². The molecule has 0 radical (unpaired) electrons. The summed E-state index contributed by atoms with van der Waals surface area (Å²) < 4.78 is 1.84. The molecule has 0 bridgehead atoms. The van der Waals surface area contributed by atoms with Crippen LogP contribution in [0.25, 0.3) is 22.5 Å². The van der Waals surface area contributed by atoms with Gasteiger partial charge in [-0.05, 0) is 38.3 Å². The monoisotopic (exact) mass is 376 g/mol. The Bertz CT molecular complexity index is 1160. The number of nitrogen functional groups attached to an aromatic ring is 1. The number of carboxylic acids is 1. The molecule has 0 saturated heterocycles. The Kier molecular flexibility index (Phi) is 3.96. The fourth-order valence-electron chi connectivity index (χ4n) is 3.85. The molecule has 3 aromatic heterocycles. The number of aromatic amines is 1. The van der Waals surface area contributed by atoms with Crippen LogP contribution in [0.5, 0.6) is 0 Å². The lowest BCUT2D eigenvalue weighted by atomic mass is 9.97. The SMILES string of the molecule is Cc1[nH]c(-c2cc(-c3cnn(C)c3C3CC3)c(C#N)c(N)n2)c(C)c1C(=O)O. The Morgan fingerprint density at radius 1 is 1.39 bits per heavy atom. The Balaban J connectivity index is 1.96. The lowest BCUT2D eigenvalue weighted by Gasteiger charge is -2.11. The smallest absolute Gasteiger partial charge is 0.337 e. The molecule has 28 heavy (non-hydrogen) atoms. The van der Waals surface area contributed by atoms with E-state index in [9.17, 15) is 15.2 Å². The van der Waals surface area contributed by atoms with E-state index in [-0.39, 0.29) is 11.4 Å². The van der Waals surface area contributed by atoms with E-state index >= 15 is 0 Å². The van der Waals surface area contributed by atoms with Crippen LogP contribution < -0.4 is 5.73 Å². The number of carboxylic acid groups (broad SMARTS) is 1. The van der Waals surface area contributed by atoms with Crippen LogP contribution in [0.2, 0.25) is 0 Å². The van der Waals surface area contributed by atoms with Gasteiger partial charge >= 0.3 is 5.97 Å². The Morgan fingerprint density at radius 3 is 2.68 bits per heavy atom. The minimum absolute atomic E-state index is 0.115. The second-order valence-electron chi connectivity index (χ2n) is 7.20. The van der Waals surface area contributed by atoms with Crippen molar-refractivity contribution in [3.05, 3.63) is 40.3 Å². The summed E-state index contributed by atoms with van der Waals surface area (Å²) in [6.07, 6.45) is 3.94. The molecule has 0 spiro atoms. The number of rotatable bonds is 4. The number of pyridine rings is 1. The zero-order chi connectivity index (χ0) is 20.2. The molecule has 0 amide bonds. The van der Waals surface area contributed by atoms with Crippen molar-refractivity contribution in [2.45, 2.75) is 32.6 Å². The summed E-state index contributed by atoms with van der Waals surface area (Å²) >= 11 is 0. The number of H-pyrrole nitrogens is 1. The standard InChI is InChI=1S/C20H20N6O2/c1-9-16(20(27)28)10(2)24-17(9)15-6-12(13(7-21)19(22)25-15)14-8-23-26(3)18(14)11-4-5-11/h6,8,11,24H,4-5H2,1-3H3,(H2,22,25)(H,27,28). The van der Waals surface area contributed by atoms with Gasteiger partial charge in [0.1, 0.15) is 17.5 Å². The summed E-state index contributed by atoms with van der Waals surface area (Å²) in [5.41, 5.74) is 11.5. The number of nitrogens with one attached hydrogen (secondary N) is 1. The summed E-state index contributed by atoms with van der Waals surface area (Å²) in [5.74, 6) is -0.452. The molecule has 0 aliphatic heterocycles. The first-order valence-corrected chi connectivity index (χ1v) is 8.99. The van der Waals surface area contributed by atoms with Crippen molar-refractivity contribution in [2.75, 3.05) is 5.73 Å². The summed E-state index contributed by atoms with van der Waals surface area (Å²) in [6.45, 7) is 3.44. The van der Waals surface area contributed by atoms with Crippen molar-refractivity contribution in [1.29, 1.82) is 5.26 Å². The molecule has 1 fully saturated rings. The fourth-order valence-corrected chi connectivity index (χ4v) is 3.85. The van der Waals surface area contributed by atoms with Crippen molar-refractivity contribution in [3.8, 4) is 28.6 Å². The quantitative estimate of drug-likeness (QED) is 0.640.